The molecule has 6 nitrogen and oxygen atoms in total. The Hall–Kier alpha value is -2.87. The Morgan fingerprint density at radius 1 is 1.12 bits per heavy atom. The molecule has 0 saturated carbocycles. The number of amides is 2. The molecule has 0 spiro atoms. The summed E-state index contributed by atoms with van der Waals surface area (Å²) >= 11 is 0. The molecule has 1 aromatic heterocycles. The smallest absolute Gasteiger partial charge is 0.319 e. The summed E-state index contributed by atoms with van der Waals surface area (Å²) in [6, 6.07) is 12.2. The number of carbonyl (C=O) groups is 1. The predicted octanol–water partition coefficient (Wildman–Crippen LogP) is 3.21. The SMILES string of the molecule is Cc1[nH]c2ccccc2c1S(=O)(=O)CCNC(=O)Nc1ccccc1F. The predicted molar refractivity (Wildman–Crippen MR) is 98.5 cm³/mol. The molecule has 1 heterocycles. The van der Waals surface area contributed by atoms with Gasteiger partial charge in [0.25, 0.3) is 0 Å². The second kappa shape index (κ2) is 7.17. The highest BCUT2D eigenvalue weighted by atomic mass is 32.2. The monoisotopic (exact) mass is 375 g/mol. The summed E-state index contributed by atoms with van der Waals surface area (Å²) in [5.41, 5.74) is 1.33. The van der Waals surface area contributed by atoms with Crippen LogP contribution in [0.5, 0.6) is 0 Å². The van der Waals surface area contributed by atoms with Gasteiger partial charge in [-0.25, -0.2) is 17.6 Å². The number of benzene rings is 2. The molecule has 0 aliphatic carbocycles. The van der Waals surface area contributed by atoms with Crippen molar-refractivity contribution in [2.75, 3.05) is 17.6 Å². The van der Waals surface area contributed by atoms with Crippen molar-refractivity contribution < 1.29 is 17.6 Å². The summed E-state index contributed by atoms with van der Waals surface area (Å²) in [6.07, 6.45) is 0. The van der Waals surface area contributed by atoms with Crippen molar-refractivity contribution in [3.05, 3.63) is 60.0 Å². The molecule has 2 aromatic carbocycles. The number of urea groups is 1. The number of H-pyrrole nitrogens is 1. The van der Waals surface area contributed by atoms with Crippen LogP contribution in [0.1, 0.15) is 5.69 Å². The first kappa shape index (κ1) is 17.9. The minimum atomic E-state index is -3.60. The van der Waals surface area contributed by atoms with Gasteiger partial charge in [-0.05, 0) is 25.1 Å². The summed E-state index contributed by atoms with van der Waals surface area (Å²) < 4.78 is 38.8. The number of aromatic nitrogens is 1. The first-order valence-electron chi connectivity index (χ1n) is 7.98. The Bertz CT molecular complexity index is 1060. The summed E-state index contributed by atoms with van der Waals surface area (Å²) in [5.74, 6) is -0.829. The van der Waals surface area contributed by atoms with Crippen LogP contribution >= 0.6 is 0 Å². The van der Waals surface area contributed by atoms with Crippen molar-refractivity contribution in [2.45, 2.75) is 11.8 Å². The van der Waals surface area contributed by atoms with Gasteiger partial charge in [-0.1, -0.05) is 30.3 Å². The lowest BCUT2D eigenvalue weighted by molar-refractivity contribution is 0.252. The van der Waals surface area contributed by atoms with Crippen LogP contribution in [0.15, 0.2) is 53.4 Å². The van der Waals surface area contributed by atoms with Gasteiger partial charge in [0.2, 0.25) is 0 Å². The maximum Gasteiger partial charge on any atom is 0.319 e. The fourth-order valence-corrected chi connectivity index (χ4v) is 4.39. The van der Waals surface area contributed by atoms with Crippen LogP contribution in [0.4, 0.5) is 14.9 Å². The number of para-hydroxylation sites is 2. The van der Waals surface area contributed by atoms with Crippen LogP contribution in [-0.4, -0.2) is 31.7 Å². The van der Waals surface area contributed by atoms with E-state index in [2.05, 4.69) is 15.6 Å². The van der Waals surface area contributed by atoms with E-state index in [4.69, 9.17) is 0 Å². The van der Waals surface area contributed by atoms with E-state index in [0.717, 1.165) is 5.52 Å². The maximum atomic E-state index is 13.5. The molecule has 136 valence electrons. The van der Waals surface area contributed by atoms with Crippen molar-refractivity contribution in [3.63, 3.8) is 0 Å². The van der Waals surface area contributed by atoms with Crippen LogP contribution in [-0.2, 0) is 9.84 Å². The zero-order valence-corrected chi connectivity index (χ0v) is 14.9. The molecule has 0 atom stereocenters. The lowest BCUT2D eigenvalue weighted by Gasteiger charge is -2.09. The number of fused-ring (bicyclic) bond motifs is 1. The summed E-state index contributed by atoms with van der Waals surface area (Å²) in [5, 5.41) is 5.41. The topological polar surface area (TPSA) is 91.1 Å². The standard InChI is InChI=1S/C18H18FN3O3S/c1-12-17(13-6-2-4-8-15(13)21-12)26(24,25)11-10-20-18(23)22-16-9-5-3-7-14(16)19/h2-9,21H,10-11H2,1H3,(H2,20,22,23). The largest absolute Gasteiger partial charge is 0.358 e. The number of halogens is 1. The summed E-state index contributed by atoms with van der Waals surface area (Å²) in [6.45, 7) is 1.60. The number of hydrogen-bond acceptors (Lipinski definition) is 3. The minimum absolute atomic E-state index is 0.0281. The Morgan fingerprint density at radius 2 is 1.81 bits per heavy atom. The highest BCUT2D eigenvalue weighted by Crippen LogP contribution is 2.27. The number of anilines is 1. The van der Waals surface area contributed by atoms with Crippen LogP contribution in [0, 0.1) is 12.7 Å². The molecule has 3 N–H and O–H groups in total. The molecule has 3 aromatic rings. The second-order valence-electron chi connectivity index (χ2n) is 5.80. The first-order chi connectivity index (χ1) is 12.4. The average molecular weight is 375 g/mol. The molecule has 0 aliphatic heterocycles. The third kappa shape index (κ3) is 3.70. The molecule has 0 fully saturated rings. The van der Waals surface area contributed by atoms with Gasteiger partial charge in [-0.2, -0.15) is 0 Å². The third-order valence-electron chi connectivity index (χ3n) is 3.92. The van der Waals surface area contributed by atoms with E-state index in [1.165, 1.54) is 18.2 Å². The van der Waals surface area contributed by atoms with Crippen LogP contribution in [0.3, 0.4) is 0 Å². The normalized spacial score (nSPS) is 11.5. The Labute approximate surface area is 150 Å². The molecule has 0 bridgehead atoms. The summed E-state index contributed by atoms with van der Waals surface area (Å²) in [4.78, 5) is 15.1. The lowest BCUT2D eigenvalue weighted by Crippen LogP contribution is -2.33. The van der Waals surface area contributed by atoms with Gasteiger partial charge in [0.05, 0.1) is 16.3 Å². The zero-order valence-electron chi connectivity index (χ0n) is 14.0. The van der Waals surface area contributed by atoms with Crippen LogP contribution in [0.25, 0.3) is 10.9 Å². The van der Waals surface area contributed by atoms with E-state index >= 15 is 0 Å². The highest BCUT2D eigenvalue weighted by Gasteiger charge is 2.22. The molecule has 8 heteroatoms. The van der Waals surface area contributed by atoms with E-state index < -0.39 is 21.7 Å². The van der Waals surface area contributed by atoms with Gasteiger partial charge in [0, 0.05) is 23.1 Å². The van der Waals surface area contributed by atoms with Crippen LogP contribution in [0.2, 0.25) is 0 Å². The quantitative estimate of drug-likeness (QED) is 0.639. The molecule has 0 saturated heterocycles. The number of aryl methyl sites for hydroxylation is 1. The molecule has 0 unspecified atom stereocenters. The van der Waals surface area contributed by atoms with Gasteiger partial charge in [-0.3, -0.25) is 0 Å². The number of nitrogens with one attached hydrogen (secondary N) is 3. The number of sulfone groups is 1. The van der Waals surface area contributed by atoms with Gasteiger partial charge in [0.1, 0.15) is 5.82 Å². The fraction of sp³-hybridized carbons (Fsp3) is 0.167. The zero-order chi connectivity index (χ0) is 18.7. The van der Waals surface area contributed by atoms with Crippen LogP contribution < -0.4 is 10.6 Å². The van der Waals surface area contributed by atoms with Gasteiger partial charge < -0.3 is 15.6 Å². The molecule has 26 heavy (non-hydrogen) atoms. The number of carbonyl (C=O) groups excluding carboxylic acids is 1. The number of rotatable bonds is 5. The summed E-state index contributed by atoms with van der Waals surface area (Å²) in [7, 11) is -3.60. The first-order valence-corrected chi connectivity index (χ1v) is 9.63. The van der Waals surface area contributed by atoms with Gasteiger partial charge in [0.15, 0.2) is 9.84 Å². The number of aromatic amines is 1. The van der Waals surface area contributed by atoms with Crippen molar-refractivity contribution >= 4 is 32.5 Å². The average Bonchev–Trinajstić information content (AvgIpc) is 2.93. The molecular weight excluding hydrogens is 357 g/mol. The van der Waals surface area contributed by atoms with E-state index in [-0.39, 0.29) is 22.9 Å². The molecule has 3 rings (SSSR count). The van der Waals surface area contributed by atoms with Gasteiger partial charge in [-0.15, -0.1) is 0 Å². The van der Waals surface area contributed by atoms with E-state index in [0.29, 0.717) is 11.1 Å². The van der Waals surface area contributed by atoms with Crippen molar-refractivity contribution in [3.8, 4) is 0 Å². The second-order valence-corrected chi connectivity index (χ2v) is 7.85. The minimum Gasteiger partial charge on any atom is -0.358 e. The molecule has 0 radical (unpaired) electrons. The number of hydrogen-bond donors (Lipinski definition) is 3. The van der Waals surface area contributed by atoms with E-state index in [1.54, 1.807) is 31.2 Å². The highest BCUT2D eigenvalue weighted by molar-refractivity contribution is 7.91. The molecule has 2 amide bonds. The lowest BCUT2D eigenvalue weighted by atomic mass is 10.2. The molecular formula is C18H18FN3O3S. The molecule has 0 aliphatic rings. The van der Waals surface area contributed by atoms with Gasteiger partial charge >= 0.3 is 6.03 Å². The fourth-order valence-electron chi connectivity index (χ4n) is 2.78. The maximum absolute atomic E-state index is 13.5. The van der Waals surface area contributed by atoms with E-state index in [9.17, 15) is 17.6 Å². The van der Waals surface area contributed by atoms with E-state index in [1.807, 2.05) is 6.07 Å². The van der Waals surface area contributed by atoms with Crippen molar-refractivity contribution in [2.24, 2.45) is 0 Å². The van der Waals surface area contributed by atoms with Crippen molar-refractivity contribution in [1.29, 1.82) is 0 Å². The Morgan fingerprint density at radius 3 is 2.58 bits per heavy atom. The van der Waals surface area contributed by atoms with Crippen molar-refractivity contribution in [1.82, 2.24) is 10.3 Å². The Balaban J connectivity index is 1.66. The Kier molecular flexibility index (Phi) is 4.94. The third-order valence-corrected chi connectivity index (χ3v) is 5.81.